The number of amides is 1. The van der Waals surface area contributed by atoms with E-state index in [0.717, 1.165) is 35.7 Å². The normalized spacial score (nSPS) is 32.1. The number of para-hydroxylation sites is 1. The number of nitrogens with one attached hydrogen (secondary N) is 2. The van der Waals surface area contributed by atoms with Crippen LogP contribution in [0.5, 0.6) is 0 Å². The number of carboxylic acid groups (broad SMARTS) is 1. The van der Waals surface area contributed by atoms with E-state index in [1.165, 1.54) is 19.3 Å². The van der Waals surface area contributed by atoms with Crippen LogP contribution in [0.3, 0.4) is 0 Å². The Kier molecular flexibility index (Phi) is 4.16. The number of carbonyl (C=O) groups excluding carboxylic acids is 1. The number of carboxylic acids is 1. The van der Waals surface area contributed by atoms with Gasteiger partial charge in [-0.2, -0.15) is 0 Å². The Balaban J connectivity index is 1.32. The number of hydrogen-bond donors (Lipinski definition) is 3. The first-order valence-corrected chi connectivity index (χ1v) is 10.6. The second-order valence-corrected chi connectivity index (χ2v) is 9.79. The summed E-state index contributed by atoms with van der Waals surface area (Å²) in [5.41, 5.74) is -0.0180. The van der Waals surface area contributed by atoms with Crippen LogP contribution in [-0.4, -0.2) is 33.3 Å². The van der Waals surface area contributed by atoms with Gasteiger partial charge in [-0.25, -0.2) is 9.59 Å². The number of benzene rings is 1. The Labute approximate surface area is 170 Å². The van der Waals surface area contributed by atoms with Gasteiger partial charge in [0.1, 0.15) is 11.1 Å². The molecule has 6 rings (SSSR count). The zero-order chi connectivity index (χ0) is 20.2. The number of fused-ring (bicyclic) bond motifs is 1. The van der Waals surface area contributed by atoms with E-state index in [1.54, 1.807) is 6.92 Å². The predicted octanol–water partition coefficient (Wildman–Crippen LogP) is 4.25. The summed E-state index contributed by atoms with van der Waals surface area (Å²) >= 11 is 0. The van der Waals surface area contributed by atoms with Crippen LogP contribution in [-0.2, 0) is 16.0 Å². The van der Waals surface area contributed by atoms with Crippen LogP contribution < -0.4 is 5.32 Å². The number of carbonyl (C=O) groups is 2. The van der Waals surface area contributed by atoms with Crippen LogP contribution >= 0.6 is 0 Å². The monoisotopic (exact) mass is 396 g/mol. The highest BCUT2D eigenvalue weighted by atomic mass is 16.6. The highest BCUT2D eigenvalue weighted by Crippen LogP contribution is 2.57. The molecule has 1 aromatic heterocycles. The van der Waals surface area contributed by atoms with Crippen LogP contribution in [0.25, 0.3) is 10.9 Å². The predicted molar refractivity (Wildman–Crippen MR) is 109 cm³/mol. The molecule has 0 aliphatic heterocycles. The lowest BCUT2D eigenvalue weighted by atomic mass is 9.54. The lowest BCUT2D eigenvalue weighted by Crippen LogP contribution is -2.58. The van der Waals surface area contributed by atoms with Crippen molar-refractivity contribution in [3.8, 4) is 0 Å². The summed E-state index contributed by atoms with van der Waals surface area (Å²) in [5.74, 6) is 0.911. The molecule has 1 aromatic carbocycles. The SMILES string of the molecule is CC(Cc1c[nH]c2ccccc12)(NC(=O)OC12CC3CC(CC(C3)C1)C2)C(=O)O. The van der Waals surface area contributed by atoms with Gasteiger partial charge >= 0.3 is 12.1 Å². The van der Waals surface area contributed by atoms with Gasteiger partial charge in [0.05, 0.1) is 0 Å². The number of rotatable bonds is 5. The number of aromatic nitrogens is 1. The molecule has 3 N–H and O–H groups in total. The number of aliphatic carboxylic acids is 1. The molecule has 29 heavy (non-hydrogen) atoms. The zero-order valence-electron chi connectivity index (χ0n) is 16.7. The Bertz CT molecular complexity index is 929. The van der Waals surface area contributed by atoms with Crippen LogP contribution in [0.1, 0.15) is 51.0 Å². The second-order valence-electron chi connectivity index (χ2n) is 9.79. The third-order valence-electron chi connectivity index (χ3n) is 7.36. The molecular formula is C23H28N2O4. The zero-order valence-corrected chi connectivity index (χ0v) is 16.7. The molecule has 154 valence electrons. The summed E-state index contributed by atoms with van der Waals surface area (Å²) in [6.07, 6.45) is 7.97. The van der Waals surface area contributed by atoms with Crippen LogP contribution in [0.4, 0.5) is 4.79 Å². The molecule has 0 spiro atoms. The van der Waals surface area contributed by atoms with E-state index in [0.29, 0.717) is 17.8 Å². The Morgan fingerprint density at radius 3 is 2.41 bits per heavy atom. The average Bonchev–Trinajstić information content (AvgIpc) is 3.02. The number of alkyl carbamates (subject to hydrolysis) is 1. The van der Waals surface area contributed by atoms with Gasteiger partial charge in [-0.15, -0.1) is 0 Å². The van der Waals surface area contributed by atoms with Gasteiger partial charge < -0.3 is 20.1 Å². The maximum absolute atomic E-state index is 12.8. The number of H-pyrrole nitrogens is 1. The molecule has 4 aliphatic rings. The Morgan fingerprint density at radius 2 is 1.79 bits per heavy atom. The van der Waals surface area contributed by atoms with Crippen LogP contribution in [0.2, 0.25) is 0 Å². The third-order valence-corrected chi connectivity index (χ3v) is 7.36. The first-order chi connectivity index (χ1) is 13.8. The number of aromatic amines is 1. The molecular weight excluding hydrogens is 368 g/mol. The van der Waals surface area contributed by atoms with Gasteiger partial charge in [0.2, 0.25) is 0 Å². The molecule has 4 bridgehead atoms. The van der Waals surface area contributed by atoms with E-state index in [4.69, 9.17) is 4.74 Å². The molecule has 0 radical (unpaired) electrons. The largest absolute Gasteiger partial charge is 0.480 e. The van der Waals surface area contributed by atoms with Crippen molar-refractivity contribution in [3.05, 3.63) is 36.0 Å². The van der Waals surface area contributed by atoms with Gasteiger partial charge in [-0.05, 0) is 74.8 Å². The van der Waals surface area contributed by atoms with E-state index in [1.807, 2.05) is 30.5 Å². The molecule has 6 nitrogen and oxygen atoms in total. The fourth-order valence-corrected chi connectivity index (χ4v) is 6.44. The highest BCUT2D eigenvalue weighted by Gasteiger charge is 2.53. The van der Waals surface area contributed by atoms with Crippen molar-refractivity contribution < 1.29 is 19.4 Å². The standard InChI is InChI=1S/C23H28N2O4/c1-22(20(26)27,12-17-13-24-19-5-3-2-4-18(17)19)25-21(28)29-23-9-14-6-15(10-23)8-16(7-14)11-23/h2-5,13-16,24H,6-12H2,1H3,(H,25,28)(H,26,27). The topological polar surface area (TPSA) is 91.4 Å². The van der Waals surface area contributed by atoms with Gasteiger partial charge in [-0.3, -0.25) is 0 Å². The van der Waals surface area contributed by atoms with E-state index >= 15 is 0 Å². The molecule has 1 heterocycles. The number of hydrogen-bond acceptors (Lipinski definition) is 3. The van der Waals surface area contributed by atoms with Crippen LogP contribution in [0.15, 0.2) is 30.5 Å². The van der Waals surface area contributed by atoms with E-state index in [9.17, 15) is 14.7 Å². The second kappa shape index (κ2) is 6.51. The average molecular weight is 396 g/mol. The van der Waals surface area contributed by atoms with Crippen molar-refractivity contribution in [2.45, 2.75) is 63.0 Å². The molecule has 0 saturated heterocycles. The lowest BCUT2D eigenvalue weighted by molar-refractivity contribution is -0.146. The van der Waals surface area contributed by atoms with Crippen molar-refractivity contribution in [2.24, 2.45) is 17.8 Å². The van der Waals surface area contributed by atoms with Gasteiger partial charge in [0, 0.05) is 23.5 Å². The van der Waals surface area contributed by atoms with E-state index in [-0.39, 0.29) is 12.0 Å². The molecule has 6 heteroatoms. The van der Waals surface area contributed by atoms with Crippen molar-refractivity contribution >= 4 is 23.0 Å². The maximum Gasteiger partial charge on any atom is 0.408 e. The molecule has 4 saturated carbocycles. The van der Waals surface area contributed by atoms with E-state index < -0.39 is 17.6 Å². The Morgan fingerprint density at radius 1 is 1.17 bits per heavy atom. The molecule has 1 amide bonds. The summed E-state index contributed by atoms with van der Waals surface area (Å²) in [4.78, 5) is 28.1. The van der Waals surface area contributed by atoms with Gasteiger partial charge in [-0.1, -0.05) is 18.2 Å². The number of ether oxygens (including phenoxy) is 1. The fourth-order valence-electron chi connectivity index (χ4n) is 6.44. The molecule has 4 aliphatic carbocycles. The minimum absolute atomic E-state index is 0.183. The molecule has 2 aromatic rings. The highest BCUT2D eigenvalue weighted by molar-refractivity contribution is 5.87. The summed E-state index contributed by atoms with van der Waals surface area (Å²) < 4.78 is 5.98. The smallest absolute Gasteiger partial charge is 0.408 e. The lowest BCUT2D eigenvalue weighted by Gasteiger charge is -2.55. The first kappa shape index (κ1) is 18.5. The van der Waals surface area contributed by atoms with Crippen molar-refractivity contribution in [2.75, 3.05) is 0 Å². The summed E-state index contributed by atoms with van der Waals surface area (Å²) in [6, 6.07) is 7.76. The summed E-state index contributed by atoms with van der Waals surface area (Å²) in [7, 11) is 0. The molecule has 4 fully saturated rings. The minimum atomic E-state index is -1.44. The summed E-state index contributed by atoms with van der Waals surface area (Å²) in [5, 5.41) is 13.6. The minimum Gasteiger partial charge on any atom is -0.480 e. The van der Waals surface area contributed by atoms with Crippen LogP contribution in [0, 0.1) is 17.8 Å². The maximum atomic E-state index is 12.8. The van der Waals surface area contributed by atoms with Gasteiger partial charge in [0.25, 0.3) is 0 Å². The third kappa shape index (κ3) is 3.28. The fraction of sp³-hybridized carbons (Fsp3) is 0.565. The van der Waals surface area contributed by atoms with Crippen molar-refractivity contribution in [1.29, 1.82) is 0 Å². The van der Waals surface area contributed by atoms with Gasteiger partial charge in [0.15, 0.2) is 0 Å². The van der Waals surface area contributed by atoms with E-state index in [2.05, 4.69) is 10.3 Å². The van der Waals surface area contributed by atoms with Crippen molar-refractivity contribution in [1.82, 2.24) is 10.3 Å². The van der Waals surface area contributed by atoms with Crippen molar-refractivity contribution in [3.63, 3.8) is 0 Å². The Hall–Kier alpha value is -2.50. The first-order valence-electron chi connectivity index (χ1n) is 10.6. The summed E-state index contributed by atoms with van der Waals surface area (Å²) in [6.45, 7) is 1.55. The molecule has 1 unspecified atom stereocenters. The quantitative estimate of drug-likeness (QED) is 0.705. The molecule has 1 atom stereocenters.